The molecule has 1 aliphatic carbocycles. The van der Waals surface area contributed by atoms with Crippen LogP contribution in [0.2, 0.25) is 0 Å². The number of carbonyl (C=O) groups is 1. The number of nitrogens with zero attached hydrogens (tertiary/aromatic N) is 2. The molecule has 0 aromatic carbocycles. The van der Waals surface area contributed by atoms with E-state index in [0.717, 1.165) is 0 Å². The largest absolute Gasteiger partial charge is 0.481 e. The SMILES string of the molecule is Cc1nnc(SCC2(O)CCC(C(=O)O)CC2)o1. The summed E-state index contributed by atoms with van der Waals surface area (Å²) in [7, 11) is 0. The second-order valence-corrected chi connectivity index (χ2v) is 5.64. The quantitative estimate of drug-likeness (QED) is 0.801. The van der Waals surface area contributed by atoms with E-state index in [1.807, 2.05) is 0 Å². The van der Waals surface area contributed by atoms with Crippen LogP contribution in [0.5, 0.6) is 0 Å². The smallest absolute Gasteiger partial charge is 0.306 e. The molecule has 1 fully saturated rings. The van der Waals surface area contributed by atoms with E-state index >= 15 is 0 Å². The summed E-state index contributed by atoms with van der Waals surface area (Å²) >= 11 is 1.32. The third-order valence-corrected chi connectivity index (χ3v) is 4.33. The van der Waals surface area contributed by atoms with E-state index in [0.29, 0.717) is 42.5 Å². The van der Waals surface area contributed by atoms with Crippen molar-refractivity contribution in [2.45, 2.75) is 43.4 Å². The average molecular weight is 272 g/mol. The lowest BCUT2D eigenvalue weighted by Crippen LogP contribution is -2.38. The highest BCUT2D eigenvalue weighted by Crippen LogP contribution is 2.35. The van der Waals surface area contributed by atoms with Gasteiger partial charge in [0.15, 0.2) is 0 Å². The van der Waals surface area contributed by atoms with Gasteiger partial charge >= 0.3 is 5.97 Å². The van der Waals surface area contributed by atoms with Crippen molar-refractivity contribution in [2.24, 2.45) is 5.92 Å². The Morgan fingerprint density at radius 3 is 2.67 bits per heavy atom. The number of thioether (sulfide) groups is 1. The minimum Gasteiger partial charge on any atom is -0.481 e. The third-order valence-electron chi connectivity index (χ3n) is 3.24. The average Bonchev–Trinajstić information content (AvgIpc) is 2.73. The predicted octanol–water partition coefficient (Wildman–Crippen LogP) is 1.48. The fraction of sp³-hybridized carbons (Fsp3) is 0.727. The summed E-state index contributed by atoms with van der Waals surface area (Å²) < 4.78 is 5.21. The molecule has 1 aromatic heterocycles. The van der Waals surface area contributed by atoms with Gasteiger partial charge in [0.05, 0.1) is 11.5 Å². The number of rotatable bonds is 4. The zero-order valence-corrected chi connectivity index (χ0v) is 10.9. The summed E-state index contributed by atoms with van der Waals surface area (Å²) in [5.41, 5.74) is -0.820. The minimum atomic E-state index is -0.820. The summed E-state index contributed by atoms with van der Waals surface area (Å²) in [6, 6.07) is 0. The fourth-order valence-electron chi connectivity index (χ4n) is 2.08. The van der Waals surface area contributed by atoms with Gasteiger partial charge in [-0.25, -0.2) is 0 Å². The highest BCUT2D eigenvalue weighted by atomic mass is 32.2. The maximum absolute atomic E-state index is 10.8. The normalized spacial score (nSPS) is 28.2. The van der Waals surface area contributed by atoms with Crippen LogP contribution in [0, 0.1) is 12.8 Å². The molecule has 0 amide bonds. The van der Waals surface area contributed by atoms with E-state index in [9.17, 15) is 9.90 Å². The molecule has 0 aliphatic heterocycles. The van der Waals surface area contributed by atoms with Crippen molar-refractivity contribution in [3.63, 3.8) is 0 Å². The molecule has 0 saturated heterocycles. The maximum Gasteiger partial charge on any atom is 0.306 e. The van der Waals surface area contributed by atoms with Crippen LogP contribution in [-0.4, -0.2) is 37.7 Å². The zero-order valence-electron chi connectivity index (χ0n) is 10.1. The molecule has 0 atom stereocenters. The van der Waals surface area contributed by atoms with Crippen molar-refractivity contribution in [1.29, 1.82) is 0 Å². The standard InChI is InChI=1S/C11H16N2O4S/c1-7-12-13-10(17-7)18-6-11(16)4-2-8(3-5-11)9(14)15/h8,16H,2-6H2,1H3,(H,14,15). The molecule has 2 rings (SSSR count). The Bertz CT molecular complexity index is 426. The molecule has 0 radical (unpaired) electrons. The molecule has 0 unspecified atom stereocenters. The second-order valence-electron chi connectivity index (χ2n) is 4.71. The zero-order chi connectivity index (χ0) is 13.2. The predicted molar refractivity (Wildman–Crippen MR) is 64.3 cm³/mol. The summed E-state index contributed by atoms with van der Waals surface area (Å²) in [6.07, 6.45) is 2.05. The third kappa shape index (κ3) is 3.23. The number of aryl methyl sites for hydroxylation is 1. The summed E-state index contributed by atoms with van der Waals surface area (Å²) in [5.74, 6) is -0.127. The van der Waals surface area contributed by atoms with Gasteiger partial charge < -0.3 is 14.6 Å². The van der Waals surface area contributed by atoms with E-state index in [1.165, 1.54) is 11.8 Å². The molecule has 1 heterocycles. The van der Waals surface area contributed by atoms with E-state index < -0.39 is 11.6 Å². The van der Waals surface area contributed by atoms with Crippen LogP contribution in [0.15, 0.2) is 9.64 Å². The van der Waals surface area contributed by atoms with Crippen LogP contribution >= 0.6 is 11.8 Å². The topological polar surface area (TPSA) is 96.5 Å². The van der Waals surface area contributed by atoms with Crippen molar-refractivity contribution in [3.8, 4) is 0 Å². The molecule has 100 valence electrons. The van der Waals surface area contributed by atoms with Crippen LogP contribution in [-0.2, 0) is 4.79 Å². The van der Waals surface area contributed by atoms with Crippen molar-refractivity contribution in [1.82, 2.24) is 10.2 Å². The lowest BCUT2D eigenvalue weighted by molar-refractivity contribution is -0.144. The van der Waals surface area contributed by atoms with E-state index in [2.05, 4.69) is 10.2 Å². The van der Waals surface area contributed by atoms with Crippen LogP contribution in [0.4, 0.5) is 0 Å². The molecule has 1 aromatic rings. The first-order valence-electron chi connectivity index (χ1n) is 5.87. The highest BCUT2D eigenvalue weighted by Gasteiger charge is 2.36. The minimum absolute atomic E-state index is 0.319. The molecule has 7 heteroatoms. The summed E-state index contributed by atoms with van der Waals surface area (Å²) in [5, 5.41) is 27.2. The summed E-state index contributed by atoms with van der Waals surface area (Å²) in [4.78, 5) is 10.8. The summed E-state index contributed by atoms with van der Waals surface area (Å²) in [6.45, 7) is 1.71. The Morgan fingerprint density at radius 2 is 2.17 bits per heavy atom. The van der Waals surface area contributed by atoms with Crippen LogP contribution in [0.3, 0.4) is 0 Å². The monoisotopic (exact) mass is 272 g/mol. The molecule has 0 bridgehead atoms. The molecule has 1 saturated carbocycles. The Labute approximate surface area is 109 Å². The fourth-order valence-corrected chi connectivity index (χ4v) is 3.04. The number of aliphatic hydroxyl groups is 1. The van der Waals surface area contributed by atoms with Gasteiger partial charge in [-0.3, -0.25) is 4.79 Å². The van der Waals surface area contributed by atoms with Gasteiger partial charge in [-0.15, -0.1) is 10.2 Å². The Hall–Kier alpha value is -1.08. The van der Waals surface area contributed by atoms with E-state index in [-0.39, 0.29) is 5.92 Å². The number of hydrogen-bond acceptors (Lipinski definition) is 6. The molecule has 2 N–H and O–H groups in total. The van der Waals surface area contributed by atoms with Gasteiger partial charge in [0.1, 0.15) is 0 Å². The number of carboxylic acids is 1. The molecular formula is C11H16N2O4S. The van der Waals surface area contributed by atoms with Crippen LogP contribution in [0.1, 0.15) is 31.6 Å². The second kappa shape index (κ2) is 5.27. The van der Waals surface area contributed by atoms with Gasteiger partial charge in [0.2, 0.25) is 5.89 Å². The van der Waals surface area contributed by atoms with Gasteiger partial charge in [0, 0.05) is 12.7 Å². The Kier molecular flexibility index (Phi) is 3.91. The van der Waals surface area contributed by atoms with Gasteiger partial charge in [-0.2, -0.15) is 0 Å². The molecule has 6 nitrogen and oxygen atoms in total. The first kappa shape index (κ1) is 13.4. The Morgan fingerprint density at radius 1 is 1.50 bits per heavy atom. The Balaban J connectivity index is 1.84. The van der Waals surface area contributed by atoms with Crippen molar-refractivity contribution >= 4 is 17.7 Å². The number of carboxylic acid groups (broad SMARTS) is 1. The lowest BCUT2D eigenvalue weighted by Gasteiger charge is -2.33. The van der Waals surface area contributed by atoms with E-state index in [4.69, 9.17) is 9.52 Å². The van der Waals surface area contributed by atoms with Crippen molar-refractivity contribution < 1.29 is 19.4 Å². The van der Waals surface area contributed by atoms with Crippen LogP contribution in [0.25, 0.3) is 0 Å². The van der Waals surface area contributed by atoms with E-state index in [1.54, 1.807) is 6.92 Å². The van der Waals surface area contributed by atoms with Crippen molar-refractivity contribution in [2.75, 3.05) is 5.75 Å². The van der Waals surface area contributed by atoms with Gasteiger partial charge in [-0.1, -0.05) is 11.8 Å². The van der Waals surface area contributed by atoms with Crippen LogP contribution < -0.4 is 0 Å². The number of hydrogen-bond donors (Lipinski definition) is 2. The molecule has 1 aliphatic rings. The maximum atomic E-state index is 10.8. The number of aromatic nitrogens is 2. The first-order chi connectivity index (χ1) is 8.48. The molecule has 18 heavy (non-hydrogen) atoms. The highest BCUT2D eigenvalue weighted by molar-refractivity contribution is 7.99. The molecule has 0 spiro atoms. The van der Waals surface area contributed by atoms with Gasteiger partial charge in [0.25, 0.3) is 5.22 Å². The lowest BCUT2D eigenvalue weighted by atomic mass is 9.80. The molecular weight excluding hydrogens is 256 g/mol. The van der Waals surface area contributed by atoms with Crippen molar-refractivity contribution in [3.05, 3.63) is 5.89 Å². The van der Waals surface area contributed by atoms with Gasteiger partial charge in [-0.05, 0) is 25.7 Å². The number of aliphatic carboxylic acids is 1. The first-order valence-corrected chi connectivity index (χ1v) is 6.85.